The highest BCUT2D eigenvalue weighted by Gasteiger charge is 2.14. The first-order valence-electron chi connectivity index (χ1n) is 7.36. The fourth-order valence-corrected chi connectivity index (χ4v) is 2.43. The molecule has 1 rings (SSSR count). The monoisotopic (exact) mass is 258 g/mol. The molecule has 1 aliphatic rings. The van der Waals surface area contributed by atoms with Crippen LogP contribution in [0.4, 0.5) is 0 Å². The lowest BCUT2D eigenvalue weighted by Crippen LogP contribution is -2.38. The first kappa shape index (κ1) is 15.9. The highest BCUT2D eigenvalue weighted by molar-refractivity contribution is 4.75. The minimum Gasteiger partial charge on any atom is -0.382 e. The van der Waals surface area contributed by atoms with E-state index in [-0.39, 0.29) is 0 Å². The van der Waals surface area contributed by atoms with Crippen molar-refractivity contribution in [2.45, 2.75) is 51.1 Å². The molecule has 4 nitrogen and oxygen atoms in total. The van der Waals surface area contributed by atoms with E-state index in [0.29, 0.717) is 25.3 Å². The summed E-state index contributed by atoms with van der Waals surface area (Å²) in [4.78, 5) is 0. The molecule has 0 amide bonds. The number of methoxy groups -OCH3 is 1. The zero-order chi connectivity index (χ0) is 13.1. The molecule has 1 saturated heterocycles. The summed E-state index contributed by atoms with van der Waals surface area (Å²) in [6.45, 7) is 6.53. The third-order valence-corrected chi connectivity index (χ3v) is 3.47. The van der Waals surface area contributed by atoms with Gasteiger partial charge in [0, 0.05) is 25.7 Å². The maximum absolute atomic E-state index is 5.43. The van der Waals surface area contributed by atoms with Crippen LogP contribution in [0.1, 0.15) is 39.0 Å². The van der Waals surface area contributed by atoms with Crippen molar-refractivity contribution in [2.75, 3.05) is 40.0 Å². The molecule has 1 heterocycles. The molecule has 1 aliphatic heterocycles. The maximum atomic E-state index is 5.43. The van der Waals surface area contributed by atoms with E-state index in [0.717, 1.165) is 13.2 Å². The van der Waals surface area contributed by atoms with Crippen LogP contribution in [0.3, 0.4) is 0 Å². The highest BCUT2D eigenvalue weighted by Crippen LogP contribution is 2.12. The smallest absolute Gasteiger partial charge is 0.0700 e. The van der Waals surface area contributed by atoms with E-state index in [1.54, 1.807) is 7.11 Å². The van der Waals surface area contributed by atoms with E-state index in [1.807, 2.05) is 0 Å². The first-order valence-corrected chi connectivity index (χ1v) is 7.36. The van der Waals surface area contributed by atoms with Gasteiger partial charge in [-0.25, -0.2) is 0 Å². The standard InChI is InChI=1S/C14H30N2O2/c1-13(15-8-9-18-11-10-17-2)12-14-6-4-3-5-7-16-14/h13-16H,3-12H2,1-2H3. The second-order valence-electron chi connectivity index (χ2n) is 5.20. The average molecular weight is 258 g/mol. The Morgan fingerprint density at radius 3 is 2.94 bits per heavy atom. The summed E-state index contributed by atoms with van der Waals surface area (Å²) in [5, 5.41) is 7.16. The molecule has 1 fully saturated rings. The number of hydrogen-bond donors (Lipinski definition) is 2. The minimum atomic E-state index is 0.562. The van der Waals surface area contributed by atoms with Crippen LogP contribution in [-0.2, 0) is 9.47 Å². The number of hydrogen-bond acceptors (Lipinski definition) is 4. The molecule has 0 bridgehead atoms. The lowest BCUT2D eigenvalue weighted by Gasteiger charge is -2.21. The molecule has 2 atom stereocenters. The molecule has 108 valence electrons. The second kappa shape index (κ2) is 10.7. The van der Waals surface area contributed by atoms with E-state index < -0.39 is 0 Å². The van der Waals surface area contributed by atoms with Gasteiger partial charge in [0.05, 0.1) is 19.8 Å². The summed E-state index contributed by atoms with van der Waals surface area (Å²) in [6.07, 6.45) is 6.66. The molecule has 4 heteroatoms. The van der Waals surface area contributed by atoms with Gasteiger partial charge in [0.1, 0.15) is 0 Å². The molecule has 0 spiro atoms. The Morgan fingerprint density at radius 2 is 2.11 bits per heavy atom. The Balaban J connectivity index is 1.97. The second-order valence-corrected chi connectivity index (χ2v) is 5.20. The molecule has 0 aromatic heterocycles. The van der Waals surface area contributed by atoms with Crippen molar-refractivity contribution in [1.29, 1.82) is 0 Å². The van der Waals surface area contributed by atoms with Gasteiger partial charge >= 0.3 is 0 Å². The maximum Gasteiger partial charge on any atom is 0.0700 e. The van der Waals surface area contributed by atoms with Gasteiger partial charge in [-0.15, -0.1) is 0 Å². The van der Waals surface area contributed by atoms with Crippen molar-refractivity contribution in [3.05, 3.63) is 0 Å². The first-order chi connectivity index (χ1) is 8.83. The fourth-order valence-electron chi connectivity index (χ4n) is 2.43. The molecule has 0 aliphatic carbocycles. The van der Waals surface area contributed by atoms with Gasteiger partial charge in [0.2, 0.25) is 0 Å². The SMILES string of the molecule is COCCOCCNC(C)CC1CCCCCN1. The summed E-state index contributed by atoms with van der Waals surface area (Å²) >= 11 is 0. The predicted octanol–water partition coefficient (Wildman–Crippen LogP) is 1.55. The summed E-state index contributed by atoms with van der Waals surface area (Å²) in [6, 6.07) is 1.26. The van der Waals surface area contributed by atoms with Gasteiger partial charge in [-0.05, 0) is 32.7 Å². The molecule has 0 radical (unpaired) electrons. The van der Waals surface area contributed by atoms with Crippen LogP contribution in [0.5, 0.6) is 0 Å². The lowest BCUT2D eigenvalue weighted by atomic mass is 10.0. The van der Waals surface area contributed by atoms with Crippen LogP contribution in [0.15, 0.2) is 0 Å². The molecule has 2 unspecified atom stereocenters. The molecule has 0 aromatic carbocycles. The predicted molar refractivity (Wildman–Crippen MR) is 75.0 cm³/mol. The van der Waals surface area contributed by atoms with E-state index in [4.69, 9.17) is 9.47 Å². The third kappa shape index (κ3) is 8.03. The largest absolute Gasteiger partial charge is 0.382 e. The van der Waals surface area contributed by atoms with Crippen molar-refractivity contribution in [1.82, 2.24) is 10.6 Å². The van der Waals surface area contributed by atoms with Crippen molar-refractivity contribution in [3.63, 3.8) is 0 Å². The van der Waals surface area contributed by atoms with Crippen molar-refractivity contribution in [2.24, 2.45) is 0 Å². The quantitative estimate of drug-likeness (QED) is 0.616. The minimum absolute atomic E-state index is 0.562. The molecular weight excluding hydrogens is 228 g/mol. The van der Waals surface area contributed by atoms with Gasteiger partial charge in [-0.3, -0.25) is 0 Å². The summed E-state index contributed by atoms with van der Waals surface area (Å²) in [7, 11) is 1.70. The Hall–Kier alpha value is -0.160. The van der Waals surface area contributed by atoms with Gasteiger partial charge in [-0.1, -0.05) is 12.8 Å². The van der Waals surface area contributed by atoms with E-state index in [1.165, 1.54) is 38.6 Å². The normalized spacial score (nSPS) is 22.7. The summed E-state index contributed by atoms with van der Waals surface area (Å²) in [5.74, 6) is 0. The van der Waals surface area contributed by atoms with Crippen molar-refractivity contribution < 1.29 is 9.47 Å². The average Bonchev–Trinajstić information content (AvgIpc) is 2.62. The van der Waals surface area contributed by atoms with Crippen LogP contribution >= 0.6 is 0 Å². The Kier molecular flexibility index (Phi) is 9.48. The van der Waals surface area contributed by atoms with Crippen LogP contribution in [0.25, 0.3) is 0 Å². The van der Waals surface area contributed by atoms with Crippen LogP contribution < -0.4 is 10.6 Å². The molecule has 0 saturated carbocycles. The number of ether oxygens (including phenoxy) is 2. The van der Waals surface area contributed by atoms with Crippen LogP contribution in [0, 0.1) is 0 Å². The van der Waals surface area contributed by atoms with Gasteiger partial charge < -0.3 is 20.1 Å². The zero-order valence-corrected chi connectivity index (χ0v) is 12.0. The van der Waals surface area contributed by atoms with E-state index >= 15 is 0 Å². The fraction of sp³-hybridized carbons (Fsp3) is 1.00. The van der Waals surface area contributed by atoms with Gasteiger partial charge in [-0.2, -0.15) is 0 Å². The van der Waals surface area contributed by atoms with Crippen molar-refractivity contribution in [3.8, 4) is 0 Å². The van der Waals surface area contributed by atoms with E-state index in [9.17, 15) is 0 Å². The molecule has 2 N–H and O–H groups in total. The molecule has 0 aromatic rings. The Morgan fingerprint density at radius 1 is 1.22 bits per heavy atom. The summed E-state index contributed by atoms with van der Waals surface area (Å²) in [5.41, 5.74) is 0. The highest BCUT2D eigenvalue weighted by atomic mass is 16.5. The molecule has 18 heavy (non-hydrogen) atoms. The number of rotatable bonds is 9. The Labute approximate surface area is 112 Å². The van der Waals surface area contributed by atoms with E-state index in [2.05, 4.69) is 17.6 Å². The summed E-state index contributed by atoms with van der Waals surface area (Å²) < 4.78 is 10.4. The van der Waals surface area contributed by atoms with Crippen LogP contribution in [0.2, 0.25) is 0 Å². The molecular formula is C14H30N2O2. The lowest BCUT2D eigenvalue weighted by molar-refractivity contribution is 0.0710. The van der Waals surface area contributed by atoms with Crippen molar-refractivity contribution >= 4 is 0 Å². The van der Waals surface area contributed by atoms with Crippen LogP contribution in [-0.4, -0.2) is 52.1 Å². The topological polar surface area (TPSA) is 42.5 Å². The third-order valence-electron chi connectivity index (χ3n) is 3.47. The number of nitrogens with one attached hydrogen (secondary N) is 2. The Bertz CT molecular complexity index is 183. The van der Waals surface area contributed by atoms with Gasteiger partial charge in [0.25, 0.3) is 0 Å². The zero-order valence-electron chi connectivity index (χ0n) is 12.0. The van der Waals surface area contributed by atoms with Gasteiger partial charge in [0.15, 0.2) is 0 Å².